The van der Waals surface area contributed by atoms with Crippen LogP contribution in [0, 0.1) is 11.6 Å². The van der Waals surface area contributed by atoms with E-state index in [9.17, 15) is 13.6 Å². The molecule has 4 heteroatoms. The summed E-state index contributed by atoms with van der Waals surface area (Å²) in [5.74, 6) is -1.47. The van der Waals surface area contributed by atoms with Gasteiger partial charge in [-0.15, -0.1) is 0 Å². The standard InChI is InChI=1S/C17H9BrF2O/c18-10-5-6-14(16(20)9-10)17(21)13-7-8-15(19)12-4-2-1-3-11(12)13/h1-9H. The summed E-state index contributed by atoms with van der Waals surface area (Å²) in [6, 6.07) is 13.5. The molecule has 0 N–H and O–H groups in total. The van der Waals surface area contributed by atoms with E-state index in [2.05, 4.69) is 15.9 Å². The number of rotatable bonds is 2. The molecule has 0 aliphatic rings. The number of benzene rings is 3. The predicted octanol–water partition coefficient (Wildman–Crippen LogP) is 5.11. The lowest BCUT2D eigenvalue weighted by Gasteiger charge is -2.08. The van der Waals surface area contributed by atoms with Gasteiger partial charge < -0.3 is 0 Å². The van der Waals surface area contributed by atoms with Crippen LogP contribution in [0.4, 0.5) is 8.78 Å². The van der Waals surface area contributed by atoms with Crippen LogP contribution in [0.2, 0.25) is 0 Å². The van der Waals surface area contributed by atoms with Crippen molar-refractivity contribution in [3.63, 3.8) is 0 Å². The van der Waals surface area contributed by atoms with Crippen molar-refractivity contribution in [3.8, 4) is 0 Å². The predicted molar refractivity (Wildman–Crippen MR) is 81.4 cm³/mol. The van der Waals surface area contributed by atoms with Gasteiger partial charge in [0.25, 0.3) is 0 Å². The number of hydrogen-bond acceptors (Lipinski definition) is 1. The van der Waals surface area contributed by atoms with E-state index < -0.39 is 17.4 Å². The van der Waals surface area contributed by atoms with Gasteiger partial charge in [-0.05, 0) is 35.7 Å². The van der Waals surface area contributed by atoms with Crippen LogP contribution in [-0.2, 0) is 0 Å². The van der Waals surface area contributed by atoms with Gasteiger partial charge in [-0.2, -0.15) is 0 Å². The first-order valence-corrected chi connectivity index (χ1v) is 7.04. The van der Waals surface area contributed by atoms with E-state index in [0.29, 0.717) is 15.2 Å². The first kappa shape index (κ1) is 13.9. The normalized spacial score (nSPS) is 10.8. The highest BCUT2D eigenvalue weighted by Gasteiger charge is 2.17. The molecule has 3 aromatic carbocycles. The van der Waals surface area contributed by atoms with Crippen LogP contribution in [0.1, 0.15) is 15.9 Å². The maximum Gasteiger partial charge on any atom is 0.196 e. The van der Waals surface area contributed by atoms with Crippen LogP contribution in [-0.4, -0.2) is 5.78 Å². The maximum atomic E-state index is 13.9. The van der Waals surface area contributed by atoms with E-state index in [4.69, 9.17) is 0 Å². The zero-order valence-electron chi connectivity index (χ0n) is 10.7. The second-order valence-corrected chi connectivity index (χ2v) is 5.51. The number of ketones is 1. The molecule has 0 saturated carbocycles. The summed E-state index contributed by atoms with van der Waals surface area (Å²) in [5.41, 5.74) is 0.253. The molecule has 104 valence electrons. The highest BCUT2D eigenvalue weighted by atomic mass is 79.9. The summed E-state index contributed by atoms with van der Waals surface area (Å²) in [5, 5.41) is 0.825. The van der Waals surface area contributed by atoms with Crippen molar-refractivity contribution in [1.29, 1.82) is 0 Å². The Bertz CT molecular complexity index is 859. The lowest BCUT2D eigenvalue weighted by atomic mass is 9.97. The van der Waals surface area contributed by atoms with Crippen molar-refractivity contribution in [1.82, 2.24) is 0 Å². The van der Waals surface area contributed by atoms with Gasteiger partial charge in [-0.3, -0.25) is 4.79 Å². The van der Waals surface area contributed by atoms with Crippen LogP contribution >= 0.6 is 15.9 Å². The summed E-state index contributed by atoms with van der Waals surface area (Å²) in [4.78, 5) is 12.5. The Morgan fingerprint density at radius 3 is 2.19 bits per heavy atom. The Kier molecular flexibility index (Phi) is 3.55. The summed E-state index contributed by atoms with van der Waals surface area (Å²) < 4.78 is 28.3. The smallest absolute Gasteiger partial charge is 0.196 e. The SMILES string of the molecule is O=C(c1ccc(Br)cc1F)c1ccc(F)c2ccccc12. The monoisotopic (exact) mass is 346 g/mol. The van der Waals surface area contributed by atoms with Gasteiger partial charge in [0.2, 0.25) is 0 Å². The third-order valence-corrected chi connectivity index (χ3v) is 3.78. The lowest BCUT2D eigenvalue weighted by molar-refractivity contribution is 0.103. The maximum absolute atomic E-state index is 13.9. The van der Waals surface area contributed by atoms with Crippen LogP contribution < -0.4 is 0 Å². The van der Waals surface area contributed by atoms with Crippen LogP contribution in [0.5, 0.6) is 0 Å². The van der Waals surface area contributed by atoms with Crippen molar-refractivity contribution in [2.45, 2.75) is 0 Å². The van der Waals surface area contributed by atoms with E-state index >= 15 is 0 Å². The molecule has 3 rings (SSSR count). The Labute approximate surface area is 128 Å². The Morgan fingerprint density at radius 1 is 0.810 bits per heavy atom. The Morgan fingerprint density at radius 2 is 1.48 bits per heavy atom. The molecule has 0 atom stereocenters. The van der Waals surface area contributed by atoms with E-state index in [1.165, 1.54) is 24.3 Å². The van der Waals surface area contributed by atoms with Crippen molar-refractivity contribution < 1.29 is 13.6 Å². The van der Waals surface area contributed by atoms with Crippen LogP contribution in [0.15, 0.2) is 59.1 Å². The summed E-state index contributed by atoms with van der Waals surface area (Å²) in [6.07, 6.45) is 0. The zero-order valence-corrected chi connectivity index (χ0v) is 12.3. The molecule has 0 unspecified atom stereocenters. The second kappa shape index (κ2) is 5.37. The number of carbonyl (C=O) groups excluding carboxylic acids is 1. The fourth-order valence-electron chi connectivity index (χ4n) is 2.28. The molecular formula is C17H9BrF2O. The summed E-state index contributed by atoms with van der Waals surface area (Å²) >= 11 is 3.15. The zero-order chi connectivity index (χ0) is 15.0. The third kappa shape index (κ3) is 2.47. The Balaban J connectivity index is 2.21. The van der Waals surface area contributed by atoms with E-state index in [-0.39, 0.29) is 11.1 Å². The highest BCUT2D eigenvalue weighted by Crippen LogP contribution is 2.25. The molecule has 0 amide bonds. The molecule has 0 heterocycles. The van der Waals surface area contributed by atoms with Gasteiger partial charge >= 0.3 is 0 Å². The molecule has 0 radical (unpaired) electrons. The van der Waals surface area contributed by atoms with Crippen molar-refractivity contribution in [2.24, 2.45) is 0 Å². The quantitative estimate of drug-likeness (QED) is 0.589. The average Bonchev–Trinajstić information content (AvgIpc) is 2.47. The van der Waals surface area contributed by atoms with Gasteiger partial charge in [-0.1, -0.05) is 40.2 Å². The highest BCUT2D eigenvalue weighted by molar-refractivity contribution is 9.10. The van der Waals surface area contributed by atoms with Gasteiger partial charge in [0.1, 0.15) is 11.6 Å². The van der Waals surface area contributed by atoms with Crippen molar-refractivity contribution in [2.75, 3.05) is 0 Å². The van der Waals surface area contributed by atoms with Gasteiger partial charge in [0, 0.05) is 15.4 Å². The minimum atomic E-state index is -0.609. The fourth-order valence-corrected chi connectivity index (χ4v) is 2.61. The minimum absolute atomic E-state index is 0.0324. The topological polar surface area (TPSA) is 17.1 Å². The number of fused-ring (bicyclic) bond motifs is 1. The molecule has 0 spiro atoms. The van der Waals surface area contributed by atoms with E-state index in [1.807, 2.05) is 0 Å². The molecule has 0 aliphatic carbocycles. The molecular weight excluding hydrogens is 338 g/mol. The first-order valence-electron chi connectivity index (χ1n) is 6.25. The Hall–Kier alpha value is -2.07. The molecule has 21 heavy (non-hydrogen) atoms. The van der Waals surface area contributed by atoms with Gasteiger partial charge in [0.05, 0.1) is 5.56 Å². The fraction of sp³-hybridized carbons (Fsp3) is 0. The molecule has 1 nitrogen and oxygen atoms in total. The minimum Gasteiger partial charge on any atom is -0.288 e. The third-order valence-electron chi connectivity index (χ3n) is 3.29. The number of hydrogen-bond donors (Lipinski definition) is 0. The van der Waals surface area contributed by atoms with Crippen molar-refractivity contribution in [3.05, 3.63) is 81.8 Å². The molecule has 0 aliphatic heterocycles. The summed E-state index contributed by atoms with van der Waals surface area (Å²) in [6.45, 7) is 0. The van der Waals surface area contributed by atoms with Crippen LogP contribution in [0.3, 0.4) is 0 Å². The molecule has 0 fully saturated rings. The largest absolute Gasteiger partial charge is 0.288 e. The molecule has 3 aromatic rings. The molecule has 0 aromatic heterocycles. The van der Waals surface area contributed by atoms with Gasteiger partial charge in [0.15, 0.2) is 5.78 Å². The first-order chi connectivity index (χ1) is 10.1. The molecule has 0 saturated heterocycles. The lowest BCUT2D eigenvalue weighted by Crippen LogP contribution is -2.05. The van der Waals surface area contributed by atoms with Gasteiger partial charge in [-0.25, -0.2) is 8.78 Å². The summed E-state index contributed by atoms with van der Waals surface area (Å²) in [7, 11) is 0. The average molecular weight is 347 g/mol. The van der Waals surface area contributed by atoms with E-state index in [1.54, 1.807) is 30.3 Å². The van der Waals surface area contributed by atoms with E-state index in [0.717, 1.165) is 0 Å². The molecule has 0 bridgehead atoms. The number of halogens is 3. The van der Waals surface area contributed by atoms with Crippen molar-refractivity contribution >= 4 is 32.5 Å². The van der Waals surface area contributed by atoms with Crippen LogP contribution in [0.25, 0.3) is 10.8 Å². The second-order valence-electron chi connectivity index (χ2n) is 4.59. The number of carbonyl (C=O) groups is 1.